The number of hydrogen-bond donors (Lipinski definition) is 1. The summed E-state index contributed by atoms with van der Waals surface area (Å²) in [6, 6.07) is 26.1. The van der Waals surface area contributed by atoms with Crippen molar-refractivity contribution < 1.29 is 19.1 Å². The van der Waals surface area contributed by atoms with Gasteiger partial charge in [-0.2, -0.15) is 0 Å². The number of fused-ring (bicyclic) bond motifs is 1. The minimum atomic E-state index is -0.307. The molecule has 5 rings (SSSR count). The number of carbonyl (C=O) groups excluding carboxylic acids is 2. The van der Waals surface area contributed by atoms with Crippen molar-refractivity contribution in [1.82, 2.24) is 15.1 Å². The summed E-state index contributed by atoms with van der Waals surface area (Å²) in [5.74, 6) is 0.777. The third-order valence-corrected chi connectivity index (χ3v) is 6.30. The molecule has 0 saturated carbocycles. The molecule has 0 radical (unpaired) electrons. The van der Waals surface area contributed by atoms with Crippen molar-refractivity contribution in [3.63, 3.8) is 0 Å². The van der Waals surface area contributed by atoms with Crippen molar-refractivity contribution in [2.75, 3.05) is 39.5 Å². The number of ether oxygens (including phenoxy) is 2. The van der Waals surface area contributed by atoms with Crippen LogP contribution in [0.5, 0.6) is 11.5 Å². The van der Waals surface area contributed by atoms with E-state index in [1.54, 1.807) is 18.2 Å². The van der Waals surface area contributed by atoms with Gasteiger partial charge in [0.2, 0.25) is 12.7 Å². The molecule has 2 amide bonds. The molecule has 174 valence electrons. The summed E-state index contributed by atoms with van der Waals surface area (Å²) < 4.78 is 10.6. The highest BCUT2D eigenvalue weighted by Crippen LogP contribution is 2.32. The van der Waals surface area contributed by atoms with E-state index in [2.05, 4.69) is 58.7 Å². The fraction of sp³-hybridized carbons (Fsp3) is 0.259. The molecule has 2 aliphatic heterocycles. The number of amides is 2. The van der Waals surface area contributed by atoms with E-state index in [1.807, 2.05) is 17.0 Å². The average molecular weight is 458 g/mol. The van der Waals surface area contributed by atoms with Gasteiger partial charge in [0.15, 0.2) is 11.5 Å². The number of nitrogens with zero attached hydrogens (tertiary/aromatic N) is 2. The van der Waals surface area contributed by atoms with Crippen LogP contribution in [0.4, 0.5) is 0 Å². The number of benzene rings is 3. The van der Waals surface area contributed by atoms with Crippen molar-refractivity contribution in [3.8, 4) is 11.5 Å². The fourth-order valence-electron chi connectivity index (χ4n) is 4.52. The van der Waals surface area contributed by atoms with Gasteiger partial charge < -0.3 is 19.7 Å². The SMILES string of the molecule is O=C(NCC(=O)N1CCN(C(c2ccccc2)c2ccccc2)CC1)c1ccc2c(c1)OCO2. The first-order valence-electron chi connectivity index (χ1n) is 11.5. The number of hydrogen-bond acceptors (Lipinski definition) is 5. The monoisotopic (exact) mass is 457 g/mol. The van der Waals surface area contributed by atoms with Gasteiger partial charge in [-0.05, 0) is 29.3 Å². The summed E-state index contributed by atoms with van der Waals surface area (Å²) in [4.78, 5) is 29.5. The van der Waals surface area contributed by atoms with Crippen LogP contribution >= 0.6 is 0 Å². The molecule has 1 N–H and O–H groups in total. The lowest BCUT2D eigenvalue weighted by molar-refractivity contribution is -0.132. The molecular weight excluding hydrogens is 430 g/mol. The Morgan fingerprint density at radius 1 is 0.794 bits per heavy atom. The predicted octanol–water partition coefficient (Wildman–Crippen LogP) is 3.08. The summed E-state index contributed by atoms with van der Waals surface area (Å²) in [5, 5.41) is 2.73. The maximum atomic E-state index is 12.8. The quantitative estimate of drug-likeness (QED) is 0.616. The van der Waals surface area contributed by atoms with E-state index in [9.17, 15) is 9.59 Å². The highest BCUT2D eigenvalue weighted by Gasteiger charge is 2.28. The molecule has 0 aliphatic carbocycles. The average Bonchev–Trinajstić information content (AvgIpc) is 3.37. The van der Waals surface area contributed by atoms with Gasteiger partial charge in [0.25, 0.3) is 5.91 Å². The van der Waals surface area contributed by atoms with E-state index in [4.69, 9.17) is 9.47 Å². The largest absolute Gasteiger partial charge is 0.454 e. The molecule has 7 heteroatoms. The first-order chi connectivity index (χ1) is 16.7. The van der Waals surface area contributed by atoms with Gasteiger partial charge in [0.1, 0.15) is 0 Å². The summed E-state index contributed by atoms with van der Waals surface area (Å²) >= 11 is 0. The lowest BCUT2D eigenvalue weighted by Crippen LogP contribution is -2.52. The number of carbonyl (C=O) groups is 2. The van der Waals surface area contributed by atoms with Gasteiger partial charge in [0.05, 0.1) is 12.6 Å². The molecular formula is C27H27N3O4. The second-order valence-electron chi connectivity index (χ2n) is 8.39. The van der Waals surface area contributed by atoms with Crippen LogP contribution in [0.25, 0.3) is 0 Å². The van der Waals surface area contributed by atoms with E-state index in [1.165, 1.54) is 11.1 Å². The van der Waals surface area contributed by atoms with Crippen LogP contribution < -0.4 is 14.8 Å². The van der Waals surface area contributed by atoms with Gasteiger partial charge in [-0.1, -0.05) is 60.7 Å². The van der Waals surface area contributed by atoms with Gasteiger partial charge >= 0.3 is 0 Å². The Morgan fingerprint density at radius 2 is 1.41 bits per heavy atom. The van der Waals surface area contributed by atoms with Crippen molar-refractivity contribution in [3.05, 3.63) is 95.6 Å². The Bertz CT molecular complexity index is 1110. The highest BCUT2D eigenvalue weighted by atomic mass is 16.7. The zero-order chi connectivity index (χ0) is 23.3. The molecule has 2 heterocycles. The first kappa shape index (κ1) is 22.0. The molecule has 3 aromatic rings. The van der Waals surface area contributed by atoms with Crippen LogP contribution in [-0.2, 0) is 4.79 Å². The first-order valence-corrected chi connectivity index (χ1v) is 11.5. The van der Waals surface area contributed by atoms with E-state index in [0.29, 0.717) is 30.2 Å². The van der Waals surface area contributed by atoms with E-state index < -0.39 is 0 Å². The summed E-state index contributed by atoms with van der Waals surface area (Å²) in [5.41, 5.74) is 2.92. The summed E-state index contributed by atoms with van der Waals surface area (Å²) in [6.45, 7) is 2.88. The van der Waals surface area contributed by atoms with Crippen LogP contribution in [0.3, 0.4) is 0 Å². The molecule has 0 aromatic heterocycles. The van der Waals surface area contributed by atoms with Crippen molar-refractivity contribution in [1.29, 1.82) is 0 Å². The second-order valence-corrected chi connectivity index (χ2v) is 8.39. The van der Waals surface area contributed by atoms with Crippen LogP contribution in [0, 0.1) is 0 Å². The fourth-order valence-corrected chi connectivity index (χ4v) is 4.52. The third kappa shape index (κ3) is 4.75. The van der Waals surface area contributed by atoms with Crippen molar-refractivity contribution in [2.24, 2.45) is 0 Å². The minimum absolute atomic E-state index is 0.0337. The van der Waals surface area contributed by atoms with E-state index in [-0.39, 0.29) is 31.2 Å². The molecule has 0 unspecified atom stereocenters. The van der Waals surface area contributed by atoms with Gasteiger partial charge in [0, 0.05) is 31.7 Å². The van der Waals surface area contributed by atoms with Crippen LogP contribution in [0.1, 0.15) is 27.5 Å². The van der Waals surface area contributed by atoms with Crippen LogP contribution in [0.2, 0.25) is 0 Å². The smallest absolute Gasteiger partial charge is 0.251 e. The Labute approximate surface area is 198 Å². The molecule has 0 bridgehead atoms. The molecule has 1 saturated heterocycles. The van der Waals surface area contributed by atoms with Crippen LogP contribution in [0.15, 0.2) is 78.9 Å². The molecule has 34 heavy (non-hydrogen) atoms. The maximum Gasteiger partial charge on any atom is 0.251 e. The van der Waals surface area contributed by atoms with Gasteiger partial charge in [-0.25, -0.2) is 0 Å². The van der Waals surface area contributed by atoms with Gasteiger partial charge in [-0.15, -0.1) is 0 Å². The Kier molecular flexibility index (Phi) is 6.44. The van der Waals surface area contributed by atoms with Crippen LogP contribution in [-0.4, -0.2) is 61.1 Å². The molecule has 0 atom stereocenters. The summed E-state index contributed by atoms with van der Waals surface area (Å²) in [6.07, 6.45) is 0. The van der Waals surface area contributed by atoms with E-state index in [0.717, 1.165) is 13.1 Å². The number of piperazine rings is 1. The second kappa shape index (κ2) is 9.97. The molecule has 7 nitrogen and oxygen atoms in total. The zero-order valence-corrected chi connectivity index (χ0v) is 18.9. The predicted molar refractivity (Wildman–Crippen MR) is 128 cm³/mol. The number of rotatable bonds is 6. The standard InChI is InChI=1S/C27H27N3O4/c31-25(18-28-27(32)22-11-12-23-24(17-22)34-19-33-23)29-13-15-30(16-14-29)26(20-7-3-1-4-8-20)21-9-5-2-6-10-21/h1-12,17,26H,13-16,18-19H2,(H,28,32). The molecule has 2 aliphatic rings. The van der Waals surface area contributed by atoms with Crippen molar-refractivity contribution in [2.45, 2.75) is 6.04 Å². The van der Waals surface area contributed by atoms with E-state index >= 15 is 0 Å². The van der Waals surface area contributed by atoms with Gasteiger partial charge in [-0.3, -0.25) is 14.5 Å². The molecule has 3 aromatic carbocycles. The molecule has 0 spiro atoms. The third-order valence-electron chi connectivity index (χ3n) is 6.30. The topological polar surface area (TPSA) is 71.1 Å². The Morgan fingerprint density at radius 3 is 2.06 bits per heavy atom. The van der Waals surface area contributed by atoms with Crippen molar-refractivity contribution >= 4 is 11.8 Å². The minimum Gasteiger partial charge on any atom is -0.454 e. The number of nitrogens with one attached hydrogen (secondary N) is 1. The summed E-state index contributed by atoms with van der Waals surface area (Å²) in [7, 11) is 0. The lowest BCUT2D eigenvalue weighted by atomic mass is 9.96. The zero-order valence-electron chi connectivity index (χ0n) is 18.9. The normalized spacial score (nSPS) is 15.4. The Balaban J connectivity index is 1.18. The molecule has 1 fully saturated rings. The Hall–Kier alpha value is -3.84. The lowest BCUT2D eigenvalue weighted by Gasteiger charge is -2.39. The maximum absolute atomic E-state index is 12.8. The highest BCUT2D eigenvalue weighted by molar-refractivity contribution is 5.97.